The molecule has 0 aromatic heterocycles. The normalized spacial score (nSPS) is 18.5. The highest BCUT2D eigenvalue weighted by molar-refractivity contribution is 7.99. The molecular formula is C11H8ClF3N2O3S. The molecule has 0 unspecified atom stereocenters. The highest BCUT2D eigenvalue weighted by Gasteiger charge is 2.34. The van der Waals surface area contributed by atoms with Crippen LogP contribution in [0.25, 0.3) is 0 Å². The molecule has 114 valence electrons. The SMILES string of the molecule is O=C(O)N[C@H]1CSc2c(Cl)cc(C(F)(F)F)cc2NC1=O. The summed E-state index contributed by atoms with van der Waals surface area (Å²) in [5, 5.41) is 12.7. The highest BCUT2D eigenvalue weighted by Crippen LogP contribution is 2.41. The summed E-state index contributed by atoms with van der Waals surface area (Å²) in [7, 11) is 0. The number of carboxylic acid groups (broad SMARTS) is 1. The van der Waals surface area contributed by atoms with Gasteiger partial charge in [-0.25, -0.2) is 4.79 Å². The van der Waals surface area contributed by atoms with Crippen LogP contribution in [0.3, 0.4) is 0 Å². The third-order valence-electron chi connectivity index (χ3n) is 2.64. The first-order valence-corrected chi connectivity index (χ1v) is 6.88. The van der Waals surface area contributed by atoms with E-state index in [0.29, 0.717) is 0 Å². The third kappa shape index (κ3) is 3.53. The molecule has 10 heteroatoms. The first-order chi connectivity index (χ1) is 9.68. The van der Waals surface area contributed by atoms with Gasteiger partial charge in [-0.1, -0.05) is 11.6 Å². The molecule has 0 bridgehead atoms. The van der Waals surface area contributed by atoms with Gasteiger partial charge in [0, 0.05) is 10.6 Å². The summed E-state index contributed by atoms with van der Waals surface area (Å²) in [5.41, 5.74) is -1.07. The van der Waals surface area contributed by atoms with Crippen LogP contribution in [-0.4, -0.2) is 28.9 Å². The second-order valence-corrected chi connectivity index (χ2v) is 5.57. The lowest BCUT2D eigenvalue weighted by Gasteiger charge is -2.13. The van der Waals surface area contributed by atoms with E-state index in [0.717, 1.165) is 23.9 Å². The Kier molecular flexibility index (Phi) is 4.24. The average Bonchev–Trinajstić information content (AvgIpc) is 2.48. The van der Waals surface area contributed by atoms with Crippen molar-refractivity contribution in [3.05, 3.63) is 22.7 Å². The molecule has 0 spiro atoms. The maximum Gasteiger partial charge on any atom is 0.416 e. The van der Waals surface area contributed by atoms with E-state index in [1.807, 2.05) is 5.32 Å². The van der Waals surface area contributed by atoms with Gasteiger partial charge in [0.25, 0.3) is 0 Å². The molecule has 3 N–H and O–H groups in total. The van der Waals surface area contributed by atoms with Gasteiger partial charge < -0.3 is 15.7 Å². The lowest BCUT2D eigenvalue weighted by Crippen LogP contribution is -2.44. The van der Waals surface area contributed by atoms with E-state index in [9.17, 15) is 22.8 Å². The molecule has 2 rings (SSSR count). The quantitative estimate of drug-likeness (QED) is 0.734. The lowest BCUT2D eigenvalue weighted by atomic mass is 10.2. The summed E-state index contributed by atoms with van der Waals surface area (Å²) in [6, 6.07) is 0.463. The molecule has 21 heavy (non-hydrogen) atoms. The number of thioether (sulfide) groups is 1. The zero-order valence-corrected chi connectivity index (χ0v) is 11.7. The molecule has 1 aromatic rings. The Morgan fingerprint density at radius 1 is 1.48 bits per heavy atom. The van der Waals surface area contributed by atoms with E-state index in [1.54, 1.807) is 0 Å². The van der Waals surface area contributed by atoms with Crippen molar-refractivity contribution in [3.8, 4) is 0 Å². The first kappa shape index (κ1) is 15.8. The Morgan fingerprint density at radius 2 is 2.14 bits per heavy atom. The number of amides is 2. The largest absolute Gasteiger partial charge is 0.465 e. The molecule has 1 atom stereocenters. The molecule has 1 heterocycles. The fourth-order valence-electron chi connectivity index (χ4n) is 1.72. The van der Waals surface area contributed by atoms with E-state index >= 15 is 0 Å². The van der Waals surface area contributed by atoms with Crippen molar-refractivity contribution in [2.24, 2.45) is 0 Å². The van der Waals surface area contributed by atoms with Crippen LogP contribution in [0.4, 0.5) is 23.7 Å². The van der Waals surface area contributed by atoms with Crippen LogP contribution in [0, 0.1) is 0 Å². The molecule has 0 fully saturated rings. The second-order valence-electron chi connectivity index (χ2n) is 4.13. The van der Waals surface area contributed by atoms with Crippen molar-refractivity contribution in [2.45, 2.75) is 17.1 Å². The molecule has 0 aliphatic carbocycles. The molecule has 0 radical (unpaired) electrons. The van der Waals surface area contributed by atoms with Crippen LogP contribution in [0.15, 0.2) is 17.0 Å². The predicted octanol–water partition coefficient (Wildman–Crippen LogP) is 3.04. The zero-order valence-electron chi connectivity index (χ0n) is 10.1. The number of fused-ring (bicyclic) bond motifs is 1. The van der Waals surface area contributed by atoms with Gasteiger partial charge in [0.05, 0.1) is 16.3 Å². The van der Waals surface area contributed by atoms with Gasteiger partial charge in [-0.2, -0.15) is 13.2 Å². The average molecular weight is 341 g/mol. The molecule has 0 saturated heterocycles. The molecule has 5 nitrogen and oxygen atoms in total. The van der Waals surface area contributed by atoms with Crippen molar-refractivity contribution < 1.29 is 27.9 Å². The summed E-state index contributed by atoms with van der Waals surface area (Å²) < 4.78 is 38.2. The number of carbonyl (C=O) groups is 2. The number of nitrogens with one attached hydrogen (secondary N) is 2. The molecule has 1 aromatic carbocycles. The molecule has 1 aliphatic heterocycles. The minimum Gasteiger partial charge on any atom is -0.465 e. The number of halogens is 4. The van der Waals surface area contributed by atoms with Gasteiger partial charge >= 0.3 is 12.3 Å². The van der Waals surface area contributed by atoms with Crippen molar-refractivity contribution in [2.75, 3.05) is 11.1 Å². The topological polar surface area (TPSA) is 78.4 Å². The van der Waals surface area contributed by atoms with Gasteiger partial charge in [0.2, 0.25) is 5.91 Å². The van der Waals surface area contributed by atoms with Crippen LogP contribution < -0.4 is 10.6 Å². The summed E-state index contributed by atoms with van der Waals surface area (Å²) in [5.74, 6) is -0.713. The number of rotatable bonds is 1. The number of hydrogen-bond acceptors (Lipinski definition) is 3. The van der Waals surface area contributed by atoms with Crippen LogP contribution in [-0.2, 0) is 11.0 Å². The number of benzene rings is 1. The van der Waals surface area contributed by atoms with Gasteiger partial charge in [-0.05, 0) is 12.1 Å². The molecular weight excluding hydrogens is 333 g/mol. The number of carbonyl (C=O) groups excluding carboxylic acids is 1. The van der Waals surface area contributed by atoms with Crippen LogP contribution >= 0.6 is 23.4 Å². The Balaban J connectivity index is 2.37. The van der Waals surface area contributed by atoms with Crippen molar-refractivity contribution in [3.63, 3.8) is 0 Å². The minimum atomic E-state index is -4.60. The van der Waals surface area contributed by atoms with E-state index in [1.165, 1.54) is 0 Å². The molecule has 2 amide bonds. The monoisotopic (exact) mass is 340 g/mol. The third-order valence-corrected chi connectivity index (χ3v) is 4.28. The molecule has 0 saturated carbocycles. The van der Waals surface area contributed by atoms with Gasteiger partial charge in [-0.15, -0.1) is 11.8 Å². The number of hydrogen-bond donors (Lipinski definition) is 3. The fraction of sp³-hybridized carbons (Fsp3) is 0.273. The Bertz CT molecular complexity index is 609. The van der Waals surface area contributed by atoms with Crippen LogP contribution in [0.5, 0.6) is 0 Å². The Labute approximate surface area is 125 Å². The number of anilines is 1. The maximum absolute atomic E-state index is 12.7. The van der Waals surface area contributed by atoms with Crippen LogP contribution in [0.2, 0.25) is 5.02 Å². The summed E-state index contributed by atoms with van der Waals surface area (Å²) in [6.45, 7) is 0. The summed E-state index contributed by atoms with van der Waals surface area (Å²) in [6.07, 6.45) is -6.00. The summed E-state index contributed by atoms with van der Waals surface area (Å²) in [4.78, 5) is 22.7. The van der Waals surface area contributed by atoms with E-state index < -0.39 is 29.8 Å². The highest BCUT2D eigenvalue weighted by atomic mass is 35.5. The van der Waals surface area contributed by atoms with E-state index in [4.69, 9.17) is 16.7 Å². The minimum absolute atomic E-state index is 0.0240. The maximum atomic E-state index is 12.7. The van der Waals surface area contributed by atoms with Gasteiger partial charge in [-0.3, -0.25) is 4.79 Å². The standard InChI is InChI=1S/C11H8ClF3N2O3S/c12-5-1-4(11(13,14)15)2-6-8(5)21-3-7(9(18)16-6)17-10(19)20/h1-2,7,17H,3H2,(H,16,18)(H,19,20)/t7-/m0/s1. The fourth-order valence-corrected chi connectivity index (χ4v) is 3.13. The first-order valence-electron chi connectivity index (χ1n) is 5.52. The number of alkyl halides is 3. The second kappa shape index (κ2) is 5.64. The van der Waals surface area contributed by atoms with Gasteiger partial charge in [0.15, 0.2) is 0 Å². The van der Waals surface area contributed by atoms with Crippen LogP contribution in [0.1, 0.15) is 5.56 Å². The van der Waals surface area contributed by atoms with Crippen molar-refractivity contribution in [1.29, 1.82) is 0 Å². The molecule has 1 aliphatic rings. The van der Waals surface area contributed by atoms with Crippen molar-refractivity contribution >= 4 is 41.1 Å². The lowest BCUT2D eigenvalue weighted by molar-refractivity contribution is -0.137. The zero-order chi connectivity index (χ0) is 15.8. The van der Waals surface area contributed by atoms with Crippen molar-refractivity contribution in [1.82, 2.24) is 5.32 Å². The van der Waals surface area contributed by atoms with Gasteiger partial charge in [0.1, 0.15) is 6.04 Å². The van der Waals surface area contributed by atoms with E-state index in [2.05, 4.69) is 5.32 Å². The summed E-state index contributed by atoms with van der Waals surface area (Å²) >= 11 is 6.82. The smallest absolute Gasteiger partial charge is 0.416 e. The Hall–Kier alpha value is -1.61. The Morgan fingerprint density at radius 3 is 2.71 bits per heavy atom. The predicted molar refractivity (Wildman–Crippen MR) is 70.8 cm³/mol. The van der Waals surface area contributed by atoms with E-state index in [-0.39, 0.29) is 21.4 Å².